The second-order valence-electron chi connectivity index (χ2n) is 3.88. The Hall–Kier alpha value is -1.83. The van der Waals surface area contributed by atoms with E-state index in [2.05, 4.69) is 0 Å². The third-order valence-corrected chi connectivity index (χ3v) is 2.68. The van der Waals surface area contributed by atoms with Crippen molar-refractivity contribution in [3.05, 3.63) is 0 Å². The number of amides is 3. The van der Waals surface area contributed by atoms with E-state index in [1.807, 2.05) is 0 Å². The molecular formula is C10H17N3O5. The maximum Gasteiger partial charge on any atom is 0.323 e. The van der Waals surface area contributed by atoms with E-state index in [-0.39, 0.29) is 19.7 Å². The zero-order chi connectivity index (χ0) is 13.7. The van der Waals surface area contributed by atoms with E-state index >= 15 is 0 Å². The Kier molecular flexibility index (Phi) is 4.90. The number of hydrogen-bond donors (Lipinski definition) is 2. The summed E-state index contributed by atoms with van der Waals surface area (Å²) in [6, 6.07) is -1.35. The number of likely N-dealkylation sites (N-methyl/N-ethyl adjacent to an activating group) is 1. The summed E-state index contributed by atoms with van der Waals surface area (Å²) in [5, 5.41) is 8.71. The maximum atomic E-state index is 12.1. The second-order valence-corrected chi connectivity index (χ2v) is 3.88. The Morgan fingerprint density at radius 3 is 2.67 bits per heavy atom. The Morgan fingerprint density at radius 1 is 1.50 bits per heavy atom. The van der Waals surface area contributed by atoms with Gasteiger partial charge in [-0.15, -0.1) is 0 Å². The molecule has 1 aliphatic heterocycles. The summed E-state index contributed by atoms with van der Waals surface area (Å²) in [6.45, 7) is 2.08. The molecule has 3 N–H and O–H groups in total. The van der Waals surface area contributed by atoms with Gasteiger partial charge in [-0.05, 0) is 6.92 Å². The van der Waals surface area contributed by atoms with Gasteiger partial charge in [0.1, 0.15) is 12.6 Å². The van der Waals surface area contributed by atoms with Crippen LogP contribution in [0, 0.1) is 0 Å². The molecule has 0 aromatic carbocycles. The summed E-state index contributed by atoms with van der Waals surface area (Å²) in [6.07, 6.45) is 0. The molecule has 1 saturated heterocycles. The van der Waals surface area contributed by atoms with Crippen molar-refractivity contribution in [2.24, 2.45) is 5.73 Å². The van der Waals surface area contributed by atoms with Crippen molar-refractivity contribution >= 4 is 17.9 Å². The average molecular weight is 259 g/mol. The molecule has 0 saturated carbocycles. The third kappa shape index (κ3) is 3.33. The topological polar surface area (TPSA) is 113 Å². The minimum atomic E-state index is -1.10. The number of carboxylic acids is 1. The monoisotopic (exact) mass is 259 g/mol. The smallest absolute Gasteiger partial charge is 0.323 e. The number of nitrogens with zero attached hydrogens (tertiary/aromatic N) is 2. The molecule has 1 unspecified atom stereocenters. The lowest BCUT2D eigenvalue weighted by Crippen LogP contribution is -2.58. The van der Waals surface area contributed by atoms with Crippen LogP contribution in [0.3, 0.4) is 0 Å². The van der Waals surface area contributed by atoms with E-state index in [1.54, 1.807) is 6.92 Å². The third-order valence-electron chi connectivity index (χ3n) is 2.68. The Morgan fingerprint density at radius 2 is 2.17 bits per heavy atom. The number of morpholine rings is 1. The zero-order valence-corrected chi connectivity index (χ0v) is 10.2. The van der Waals surface area contributed by atoms with Gasteiger partial charge in [-0.25, -0.2) is 4.79 Å². The lowest BCUT2D eigenvalue weighted by molar-refractivity contribution is -0.137. The standard InChI is InChI=1S/C10H17N3O5/c1-2-12(5-8(14)15)10(17)13-3-4-18-6-7(13)9(11)16/h7H,2-6H2,1H3,(H2,11,16)(H,14,15). The number of primary amides is 1. The molecule has 1 aliphatic rings. The van der Waals surface area contributed by atoms with E-state index in [4.69, 9.17) is 15.6 Å². The highest BCUT2D eigenvalue weighted by Gasteiger charge is 2.33. The first kappa shape index (κ1) is 14.2. The summed E-state index contributed by atoms with van der Waals surface area (Å²) >= 11 is 0. The SMILES string of the molecule is CCN(CC(=O)O)C(=O)N1CCOCC1C(N)=O. The van der Waals surface area contributed by atoms with Gasteiger partial charge >= 0.3 is 12.0 Å². The number of aliphatic carboxylic acids is 1. The Bertz CT molecular complexity index is 346. The lowest BCUT2D eigenvalue weighted by Gasteiger charge is -2.36. The van der Waals surface area contributed by atoms with E-state index in [1.165, 1.54) is 4.90 Å². The molecule has 102 valence electrons. The van der Waals surface area contributed by atoms with Crippen LogP contribution in [0.5, 0.6) is 0 Å². The Balaban J connectivity index is 2.78. The van der Waals surface area contributed by atoms with E-state index in [0.29, 0.717) is 6.61 Å². The first-order valence-corrected chi connectivity index (χ1v) is 5.61. The molecule has 8 nitrogen and oxygen atoms in total. The number of rotatable bonds is 4. The lowest BCUT2D eigenvalue weighted by atomic mass is 10.2. The van der Waals surface area contributed by atoms with Gasteiger partial charge in [-0.1, -0.05) is 0 Å². The molecule has 0 bridgehead atoms. The molecule has 1 heterocycles. The molecule has 8 heteroatoms. The van der Waals surface area contributed by atoms with Crippen molar-refractivity contribution in [3.8, 4) is 0 Å². The number of carbonyl (C=O) groups is 3. The fraction of sp³-hybridized carbons (Fsp3) is 0.700. The molecule has 1 rings (SSSR count). The summed E-state index contributed by atoms with van der Waals surface area (Å²) in [4.78, 5) is 36.4. The molecule has 1 atom stereocenters. The largest absolute Gasteiger partial charge is 0.480 e. The second kappa shape index (κ2) is 6.20. The van der Waals surface area contributed by atoms with Crippen LogP contribution in [-0.2, 0) is 14.3 Å². The van der Waals surface area contributed by atoms with E-state index < -0.39 is 30.5 Å². The van der Waals surface area contributed by atoms with Gasteiger partial charge in [0.25, 0.3) is 0 Å². The van der Waals surface area contributed by atoms with Crippen molar-refractivity contribution in [3.63, 3.8) is 0 Å². The fourth-order valence-electron chi connectivity index (χ4n) is 1.73. The van der Waals surface area contributed by atoms with E-state index in [9.17, 15) is 14.4 Å². The Labute approximate surface area is 104 Å². The average Bonchev–Trinajstić information content (AvgIpc) is 2.34. The number of nitrogens with two attached hydrogens (primary N) is 1. The van der Waals surface area contributed by atoms with Crippen LogP contribution >= 0.6 is 0 Å². The van der Waals surface area contributed by atoms with Crippen molar-refractivity contribution in [2.45, 2.75) is 13.0 Å². The predicted octanol–water partition coefficient (Wildman–Crippen LogP) is -1.30. The number of hydrogen-bond acceptors (Lipinski definition) is 4. The molecular weight excluding hydrogens is 242 g/mol. The maximum absolute atomic E-state index is 12.1. The quantitative estimate of drug-likeness (QED) is 0.651. The van der Waals surface area contributed by atoms with Crippen LogP contribution < -0.4 is 5.73 Å². The number of carboxylic acid groups (broad SMARTS) is 1. The molecule has 18 heavy (non-hydrogen) atoms. The van der Waals surface area contributed by atoms with Crippen molar-refractivity contribution < 1.29 is 24.2 Å². The van der Waals surface area contributed by atoms with Gasteiger partial charge in [0.05, 0.1) is 13.2 Å². The first-order valence-electron chi connectivity index (χ1n) is 5.61. The van der Waals surface area contributed by atoms with Gasteiger partial charge in [0.15, 0.2) is 0 Å². The van der Waals surface area contributed by atoms with Gasteiger partial charge in [0, 0.05) is 13.1 Å². The van der Waals surface area contributed by atoms with Crippen LogP contribution in [0.15, 0.2) is 0 Å². The minimum Gasteiger partial charge on any atom is -0.480 e. The highest BCUT2D eigenvalue weighted by molar-refractivity contribution is 5.87. The first-order chi connectivity index (χ1) is 8.47. The van der Waals surface area contributed by atoms with Gasteiger partial charge in [-0.2, -0.15) is 0 Å². The number of carbonyl (C=O) groups excluding carboxylic acids is 2. The van der Waals surface area contributed by atoms with Crippen molar-refractivity contribution in [1.29, 1.82) is 0 Å². The van der Waals surface area contributed by atoms with Crippen LogP contribution in [-0.4, -0.2) is 71.7 Å². The molecule has 0 aromatic heterocycles. The van der Waals surface area contributed by atoms with Gasteiger partial charge in [0.2, 0.25) is 5.91 Å². The number of ether oxygens (including phenoxy) is 1. The van der Waals surface area contributed by atoms with Crippen LogP contribution in [0.4, 0.5) is 4.79 Å². The summed E-state index contributed by atoms with van der Waals surface area (Å²) in [7, 11) is 0. The van der Waals surface area contributed by atoms with Crippen LogP contribution in [0.2, 0.25) is 0 Å². The van der Waals surface area contributed by atoms with Crippen LogP contribution in [0.25, 0.3) is 0 Å². The highest BCUT2D eigenvalue weighted by atomic mass is 16.5. The molecule has 0 aliphatic carbocycles. The highest BCUT2D eigenvalue weighted by Crippen LogP contribution is 2.10. The summed E-state index contributed by atoms with van der Waals surface area (Å²) < 4.78 is 5.09. The fourth-order valence-corrected chi connectivity index (χ4v) is 1.73. The zero-order valence-electron chi connectivity index (χ0n) is 10.2. The van der Waals surface area contributed by atoms with Gasteiger partial charge in [-0.3, -0.25) is 9.59 Å². The number of urea groups is 1. The molecule has 3 amide bonds. The van der Waals surface area contributed by atoms with Crippen LogP contribution in [0.1, 0.15) is 6.92 Å². The van der Waals surface area contributed by atoms with Crippen molar-refractivity contribution in [2.75, 3.05) is 32.8 Å². The van der Waals surface area contributed by atoms with Gasteiger partial charge < -0.3 is 25.4 Å². The molecule has 0 spiro atoms. The molecule has 1 fully saturated rings. The predicted molar refractivity (Wildman–Crippen MR) is 60.8 cm³/mol. The summed E-state index contributed by atoms with van der Waals surface area (Å²) in [5.74, 6) is -1.76. The van der Waals surface area contributed by atoms with Crippen molar-refractivity contribution in [1.82, 2.24) is 9.80 Å². The molecule has 0 aromatic rings. The molecule has 0 radical (unpaired) electrons. The van der Waals surface area contributed by atoms with E-state index in [0.717, 1.165) is 4.90 Å². The summed E-state index contributed by atoms with van der Waals surface area (Å²) in [5.41, 5.74) is 5.19. The minimum absolute atomic E-state index is 0.0473. The normalized spacial score (nSPS) is 19.4.